The lowest BCUT2D eigenvalue weighted by Crippen LogP contribution is -2.31. The lowest BCUT2D eigenvalue weighted by atomic mass is 10.1. The van der Waals surface area contributed by atoms with Gasteiger partial charge in [-0.1, -0.05) is 41.6 Å². The Hall–Kier alpha value is -3.64. The maximum Gasteiger partial charge on any atom is 0.269 e. The maximum absolute atomic E-state index is 13.3. The van der Waals surface area contributed by atoms with Crippen LogP contribution in [0.4, 0.5) is 11.4 Å². The van der Waals surface area contributed by atoms with Crippen LogP contribution in [0.2, 0.25) is 0 Å². The summed E-state index contributed by atoms with van der Waals surface area (Å²) < 4.78 is 0. The van der Waals surface area contributed by atoms with E-state index in [9.17, 15) is 25.0 Å². The summed E-state index contributed by atoms with van der Waals surface area (Å²) in [5.41, 5.74) is 1.96. The van der Waals surface area contributed by atoms with E-state index in [2.05, 4.69) is 5.32 Å². The molecule has 1 fully saturated rings. The van der Waals surface area contributed by atoms with Gasteiger partial charge in [-0.05, 0) is 31.0 Å². The number of aryl methyl sites for hydroxylation is 1. The van der Waals surface area contributed by atoms with Crippen molar-refractivity contribution in [1.29, 1.82) is 5.26 Å². The molecule has 9 heteroatoms. The summed E-state index contributed by atoms with van der Waals surface area (Å²) in [6.07, 6.45) is 0.226. The number of thioether (sulfide) groups is 1. The van der Waals surface area contributed by atoms with Crippen LogP contribution in [0.5, 0.6) is 0 Å². The van der Waals surface area contributed by atoms with Gasteiger partial charge in [0.1, 0.15) is 16.7 Å². The highest BCUT2D eigenvalue weighted by atomic mass is 32.2. The zero-order chi connectivity index (χ0) is 21.8. The molecule has 0 aromatic heterocycles. The molecule has 30 heavy (non-hydrogen) atoms. The zero-order valence-corrected chi connectivity index (χ0v) is 17.1. The number of rotatable bonds is 5. The van der Waals surface area contributed by atoms with Crippen molar-refractivity contribution in [1.82, 2.24) is 5.32 Å². The number of non-ortho nitro benzene ring substituents is 1. The molecule has 1 heterocycles. The van der Waals surface area contributed by atoms with Crippen LogP contribution in [0, 0.1) is 28.4 Å². The normalized spacial score (nSPS) is 17.4. The third-order valence-electron chi connectivity index (χ3n) is 4.57. The van der Waals surface area contributed by atoms with Crippen LogP contribution in [0.25, 0.3) is 0 Å². The number of amides is 2. The Bertz CT molecular complexity index is 1090. The van der Waals surface area contributed by atoms with Crippen LogP contribution >= 0.6 is 11.8 Å². The van der Waals surface area contributed by atoms with Crippen LogP contribution in [-0.4, -0.2) is 29.0 Å². The SMILES string of the molecule is CNC(=O)/C(C#N)=C1\SC(Cc2cccc([N+](=O)[O-])c2)C(=O)N1c1ccc(C)cc1. The average Bonchev–Trinajstić information content (AvgIpc) is 3.05. The number of anilines is 1. The van der Waals surface area contributed by atoms with Gasteiger partial charge in [-0.15, -0.1) is 0 Å². The Morgan fingerprint density at radius 1 is 1.30 bits per heavy atom. The highest BCUT2D eigenvalue weighted by molar-refractivity contribution is 8.05. The third-order valence-corrected chi connectivity index (χ3v) is 5.83. The van der Waals surface area contributed by atoms with Crippen molar-refractivity contribution in [2.75, 3.05) is 11.9 Å². The van der Waals surface area contributed by atoms with Gasteiger partial charge in [0, 0.05) is 24.9 Å². The average molecular weight is 422 g/mol. The summed E-state index contributed by atoms with van der Waals surface area (Å²) >= 11 is 1.11. The second-order valence-electron chi connectivity index (χ2n) is 6.62. The number of hydrogen-bond acceptors (Lipinski definition) is 6. The van der Waals surface area contributed by atoms with Gasteiger partial charge in [-0.3, -0.25) is 24.6 Å². The van der Waals surface area contributed by atoms with Gasteiger partial charge in [-0.2, -0.15) is 5.26 Å². The van der Waals surface area contributed by atoms with Crippen molar-refractivity contribution in [3.05, 3.63) is 80.4 Å². The molecule has 1 aliphatic heterocycles. The first-order chi connectivity index (χ1) is 14.3. The lowest BCUT2D eigenvalue weighted by molar-refractivity contribution is -0.384. The minimum Gasteiger partial charge on any atom is -0.354 e. The number of nitrogens with zero attached hydrogens (tertiary/aromatic N) is 3. The Labute approximate surface area is 177 Å². The summed E-state index contributed by atoms with van der Waals surface area (Å²) in [4.78, 5) is 37.4. The molecule has 1 aliphatic rings. The van der Waals surface area contributed by atoms with Crippen LogP contribution in [0.1, 0.15) is 11.1 Å². The molecule has 3 rings (SSSR count). The maximum atomic E-state index is 13.3. The summed E-state index contributed by atoms with van der Waals surface area (Å²) in [5.74, 6) is -0.872. The molecular weight excluding hydrogens is 404 g/mol. The number of nitro groups is 1. The fourth-order valence-electron chi connectivity index (χ4n) is 3.05. The minimum atomic E-state index is -0.628. The predicted octanol–water partition coefficient (Wildman–Crippen LogP) is 3.08. The van der Waals surface area contributed by atoms with E-state index in [0.29, 0.717) is 11.3 Å². The highest BCUT2D eigenvalue weighted by Crippen LogP contribution is 2.42. The van der Waals surface area contributed by atoms with E-state index in [4.69, 9.17) is 0 Å². The Kier molecular flexibility index (Phi) is 6.18. The number of carbonyl (C=O) groups is 2. The van der Waals surface area contributed by atoms with Gasteiger partial charge >= 0.3 is 0 Å². The molecule has 0 aliphatic carbocycles. The lowest BCUT2D eigenvalue weighted by Gasteiger charge is -2.18. The van der Waals surface area contributed by atoms with Gasteiger partial charge in [-0.25, -0.2) is 0 Å². The molecule has 2 amide bonds. The van der Waals surface area contributed by atoms with Crippen LogP contribution < -0.4 is 10.2 Å². The number of hydrogen-bond donors (Lipinski definition) is 1. The van der Waals surface area contributed by atoms with Crippen molar-refractivity contribution in [2.24, 2.45) is 0 Å². The summed E-state index contributed by atoms with van der Waals surface area (Å²) in [7, 11) is 1.42. The molecule has 1 unspecified atom stereocenters. The number of benzene rings is 2. The quantitative estimate of drug-likeness (QED) is 0.343. The highest BCUT2D eigenvalue weighted by Gasteiger charge is 2.40. The van der Waals surface area contributed by atoms with Crippen molar-refractivity contribution < 1.29 is 14.5 Å². The Morgan fingerprint density at radius 2 is 2.00 bits per heavy atom. The molecule has 2 aromatic rings. The topological polar surface area (TPSA) is 116 Å². The van der Waals surface area contributed by atoms with E-state index < -0.39 is 16.1 Å². The van der Waals surface area contributed by atoms with Gasteiger partial charge in [0.25, 0.3) is 11.6 Å². The second-order valence-corrected chi connectivity index (χ2v) is 7.81. The molecule has 1 atom stereocenters. The van der Waals surface area contributed by atoms with E-state index in [1.807, 2.05) is 25.1 Å². The fraction of sp³-hybridized carbons (Fsp3) is 0.190. The minimum absolute atomic E-state index is 0.0582. The Morgan fingerprint density at radius 3 is 2.60 bits per heavy atom. The number of carbonyl (C=O) groups excluding carboxylic acids is 2. The first-order valence-corrected chi connectivity index (χ1v) is 9.90. The van der Waals surface area contributed by atoms with Crippen molar-refractivity contribution in [3.63, 3.8) is 0 Å². The summed E-state index contributed by atoms with van der Waals surface area (Å²) in [6.45, 7) is 1.91. The van der Waals surface area contributed by atoms with Gasteiger partial charge in [0.2, 0.25) is 5.91 Å². The first kappa shape index (κ1) is 21.1. The van der Waals surface area contributed by atoms with E-state index >= 15 is 0 Å². The third kappa shape index (κ3) is 4.18. The molecule has 0 bridgehead atoms. The molecule has 0 saturated carbocycles. The van der Waals surface area contributed by atoms with E-state index in [1.54, 1.807) is 24.3 Å². The molecular formula is C21H18N4O4S. The van der Waals surface area contributed by atoms with Gasteiger partial charge in [0.05, 0.1) is 10.2 Å². The van der Waals surface area contributed by atoms with Crippen LogP contribution in [0.3, 0.4) is 0 Å². The van der Waals surface area contributed by atoms with Crippen molar-refractivity contribution >= 4 is 35.0 Å². The fourth-order valence-corrected chi connectivity index (χ4v) is 4.36. The first-order valence-electron chi connectivity index (χ1n) is 9.02. The molecule has 2 aromatic carbocycles. The number of nitriles is 1. The van der Waals surface area contributed by atoms with Crippen molar-refractivity contribution in [2.45, 2.75) is 18.6 Å². The van der Waals surface area contributed by atoms with Crippen molar-refractivity contribution in [3.8, 4) is 6.07 Å². The van der Waals surface area contributed by atoms with Crippen LogP contribution in [-0.2, 0) is 16.0 Å². The van der Waals surface area contributed by atoms with E-state index in [0.717, 1.165) is 17.3 Å². The molecule has 152 valence electrons. The number of nitro benzene ring substituents is 1. The van der Waals surface area contributed by atoms with Gasteiger partial charge in [0.15, 0.2) is 0 Å². The Balaban J connectivity index is 2.03. The van der Waals surface area contributed by atoms with E-state index in [-0.39, 0.29) is 28.6 Å². The second kappa shape index (κ2) is 8.80. The molecule has 1 saturated heterocycles. The predicted molar refractivity (Wildman–Crippen MR) is 114 cm³/mol. The summed E-state index contributed by atoms with van der Waals surface area (Å²) in [5, 5.41) is 22.7. The standard InChI is InChI=1S/C21H18N4O4S/c1-13-6-8-15(9-7-13)24-20(27)18(30-21(24)17(12-22)19(26)23-2)11-14-4-3-5-16(10-14)25(28)29/h3-10,18H,11H2,1-2H3,(H,23,26)/b21-17-. The smallest absolute Gasteiger partial charge is 0.269 e. The monoisotopic (exact) mass is 422 g/mol. The molecule has 8 nitrogen and oxygen atoms in total. The summed E-state index contributed by atoms with van der Waals surface area (Å²) in [6, 6.07) is 15.2. The molecule has 0 spiro atoms. The number of likely N-dealkylation sites (N-methyl/N-ethyl adjacent to an activating group) is 1. The van der Waals surface area contributed by atoms with Crippen LogP contribution in [0.15, 0.2) is 59.1 Å². The van der Waals surface area contributed by atoms with E-state index in [1.165, 1.54) is 24.1 Å². The molecule has 0 radical (unpaired) electrons. The van der Waals surface area contributed by atoms with Gasteiger partial charge < -0.3 is 5.32 Å². The largest absolute Gasteiger partial charge is 0.354 e. The zero-order valence-electron chi connectivity index (χ0n) is 16.3. The number of nitrogens with one attached hydrogen (secondary N) is 1. The molecule has 1 N–H and O–H groups in total.